The zero-order chi connectivity index (χ0) is 22.2. The monoisotopic (exact) mass is 428 g/mol. The van der Waals surface area contributed by atoms with Crippen molar-refractivity contribution in [2.24, 2.45) is 0 Å². The number of para-hydroxylation sites is 1. The Bertz CT molecular complexity index is 1510. The minimum atomic E-state index is -0.461. The summed E-state index contributed by atoms with van der Waals surface area (Å²) in [7, 11) is 0. The fraction of sp³-hybridized carbons (Fsp3) is 0.167. The molecule has 8 heteroatoms. The Morgan fingerprint density at radius 3 is 2.78 bits per heavy atom. The zero-order valence-corrected chi connectivity index (χ0v) is 17.6. The Morgan fingerprint density at radius 2 is 1.97 bits per heavy atom. The second-order valence-corrected chi connectivity index (χ2v) is 7.63. The maximum atomic E-state index is 14.9. The summed E-state index contributed by atoms with van der Waals surface area (Å²) in [4.78, 5) is 29.4. The molecule has 160 valence electrons. The number of hydrogen-bond acceptors (Lipinski definition) is 5. The van der Waals surface area contributed by atoms with Crippen LogP contribution in [0.5, 0.6) is 0 Å². The molecule has 0 saturated heterocycles. The van der Waals surface area contributed by atoms with Gasteiger partial charge in [-0.3, -0.25) is 9.36 Å². The number of pyridine rings is 1. The molecule has 0 radical (unpaired) electrons. The highest BCUT2D eigenvalue weighted by molar-refractivity contribution is 5.86. The molecule has 0 spiro atoms. The van der Waals surface area contributed by atoms with Gasteiger partial charge in [0.1, 0.15) is 17.7 Å². The van der Waals surface area contributed by atoms with E-state index in [0.29, 0.717) is 34.5 Å². The molecule has 2 aromatic carbocycles. The van der Waals surface area contributed by atoms with Gasteiger partial charge >= 0.3 is 0 Å². The summed E-state index contributed by atoms with van der Waals surface area (Å²) in [6.07, 6.45) is 3.62. The molecule has 3 aromatic heterocycles. The predicted octanol–water partition coefficient (Wildman–Crippen LogP) is 4.67. The lowest BCUT2D eigenvalue weighted by Gasteiger charge is -2.24. The normalized spacial score (nSPS) is 12.3. The number of fused-ring (bicyclic) bond motifs is 2. The van der Waals surface area contributed by atoms with E-state index in [4.69, 9.17) is 0 Å². The van der Waals surface area contributed by atoms with Crippen molar-refractivity contribution >= 4 is 27.8 Å². The van der Waals surface area contributed by atoms with E-state index in [9.17, 15) is 9.18 Å². The highest BCUT2D eigenvalue weighted by Gasteiger charge is 2.22. The molecule has 2 N–H and O–H groups in total. The number of aromatic amines is 1. The molecule has 0 bridgehead atoms. The van der Waals surface area contributed by atoms with Crippen LogP contribution in [0.4, 0.5) is 10.2 Å². The van der Waals surface area contributed by atoms with Crippen LogP contribution in [0.15, 0.2) is 66.0 Å². The van der Waals surface area contributed by atoms with Crippen LogP contribution in [0.25, 0.3) is 27.6 Å². The van der Waals surface area contributed by atoms with Crippen molar-refractivity contribution < 1.29 is 4.39 Å². The van der Waals surface area contributed by atoms with Crippen molar-refractivity contribution in [2.45, 2.75) is 26.3 Å². The third-order valence-corrected chi connectivity index (χ3v) is 5.68. The quantitative estimate of drug-likeness (QED) is 0.425. The topological polar surface area (TPSA) is 88.5 Å². The second-order valence-electron chi connectivity index (χ2n) is 7.63. The number of aryl methyl sites for hydroxylation is 1. The maximum Gasteiger partial charge on any atom is 0.263 e. The van der Waals surface area contributed by atoms with Gasteiger partial charge in [0.2, 0.25) is 0 Å². The van der Waals surface area contributed by atoms with Gasteiger partial charge in [0.15, 0.2) is 11.5 Å². The number of nitrogens with zero attached hydrogens (tertiary/aromatic N) is 4. The number of hydrogen-bond donors (Lipinski definition) is 2. The van der Waals surface area contributed by atoms with Crippen LogP contribution in [0, 0.1) is 12.7 Å². The fourth-order valence-corrected chi connectivity index (χ4v) is 4.12. The SMILES string of the molecule is CCC(Nc1ncnc2nc[nH]c12)c1cc2cccc(C)c2c(=O)n1-c1ccccc1F. The summed E-state index contributed by atoms with van der Waals surface area (Å²) >= 11 is 0. The van der Waals surface area contributed by atoms with Crippen LogP contribution in [-0.4, -0.2) is 24.5 Å². The van der Waals surface area contributed by atoms with E-state index in [-0.39, 0.29) is 17.3 Å². The number of nitrogens with one attached hydrogen (secondary N) is 2. The third kappa shape index (κ3) is 3.20. The van der Waals surface area contributed by atoms with E-state index in [1.165, 1.54) is 17.0 Å². The lowest BCUT2D eigenvalue weighted by atomic mass is 10.0. The first-order chi connectivity index (χ1) is 15.6. The Labute approximate surface area is 183 Å². The minimum Gasteiger partial charge on any atom is -0.360 e. The number of benzene rings is 2. The first-order valence-electron chi connectivity index (χ1n) is 10.4. The van der Waals surface area contributed by atoms with Crippen molar-refractivity contribution in [1.82, 2.24) is 24.5 Å². The van der Waals surface area contributed by atoms with Crippen molar-refractivity contribution in [2.75, 3.05) is 5.32 Å². The molecule has 0 fully saturated rings. The molecular weight excluding hydrogens is 407 g/mol. The number of aromatic nitrogens is 5. The van der Waals surface area contributed by atoms with Crippen LogP contribution in [0.1, 0.15) is 30.6 Å². The summed E-state index contributed by atoms with van der Waals surface area (Å²) in [5, 5.41) is 4.79. The molecule has 32 heavy (non-hydrogen) atoms. The Hall–Kier alpha value is -4.07. The number of imidazole rings is 1. The number of halogens is 1. The van der Waals surface area contributed by atoms with Gasteiger partial charge in [-0.25, -0.2) is 19.3 Å². The van der Waals surface area contributed by atoms with E-state index >= 15 is 0 Å². The molecule has 5 rings (SSSR count). The number of rotatable bonds is 5. The molecule has 0 saturated carbocycles. The fourth-order valence-electron chi connectivity index (χ4n) is 4.12. The Balaban J connectivity index is 1.76. The minimum absolute atomic E-state index is 0.215. The largest absolute Gasteiger partial charge is 0.360 e. The molecule has 1 atom stereocenters. The number of H-pyrrole nitrogens is 1. The van der Waals surface area contributed by atoms with Crippen LogP contribution >= 0.6 is 0 Å². The summed E-state index contributed by atoms with van der Waals surface area (Å²) in [6, 6.07) is 13.7. The highest BCUT2D eigenvalue weighted by Crippen LogP contribution is 2.29. The molecule has 0 aliphatic heterocycles. The summed E-state index contributed by atoms with van der Waals surface area (Å²) < 4.78 is 16.4. The predicted molar refractivity (Wildman–Crippen MR) is 123 cm³/mol. The lowest BCUT2D eigenvalue weighted by Crippen LogP contribution is -2.27. The molecule has 7 nitrogen and oxygen atoms in total. The summed E-state index contributed by atoms with van der Waals surface area (Å²) in [5.41, 5.74) is 2.66. The average molecular weight is 428 g/mol. The molecule has 0 amide bonds. The van der Waals surface area contributed by atoms with Crippen LogP contribution in [0.3, 0.4) is 0 Å². The Kier molecular flexibility index (Phi) is 4.89. The average Bonchev–Trinajstić information content (AvgIpc) is 3.28. The van der Waals surface area contributed by atoms with Gasteiger partial charge in [-0.1, -0.05) is 37.3 Å². The van der Waals surface area contributed by atoms with Crippen molar-refractivity contribution in [3.8, 4) is 5.69 Å². The van der Waals surface area contributed by atoms with Gasteiger partial charge in [0.05, 0.1) is 23.4 Å². The highest BCUT2D eigenvalue weighted by atomic mass is 19.1. The van der Waals surface area contributed by atoms with Gasteiger partial charge in [-0.2, -0.15) is 0 Å². The standard InChI is InChI=1S/C24H21FN6O/c1-3-17(30-23-21-22(27-12-26-21)28-13-29-23)19-11-15-8-6-7-14(2)20(15)24(32)31(19)18-10-5-4-9-16(18)25/h4-13,17H,3H2,1-2H3,(H2,26,27,28,29,30). The van der Waals surface area contributed by atoms with E-state index in [1.54, 1.807) is 24.5 Å². The smallest absolute Gasteiger partial charge is 0.263 e. The lowest BCUT2D eigenvalue weighted by molar-refractivity contribution is 0.606. The van der Waals surface area contributed by atoms with Gasteiger partial charge in [0, 0.05) is 5.69 Å². The first-order valence-corrected chi connectivity index (χ1v) is 10.4. The van der Waals surface area contributed by atoms with Crippen LogP contribution in [-0.2, 0) is 0 Å². The van der Waals surface area contributed by atoms with Crippen molar-refractivity contribution in [3.05, 3.63) is 88.6 Å². The molecule has 1 unspecified atom stereocenters. The second kappa shape index (κ2) is 7.88. The first kappa shape index (κ1) is 19.9. The molecule has 0 aliphatic rings. The van der Waals surface area contributed by atoms with Gasteiger partial charge in [-0.05, 0) is 42.5 Å². The summed E-state index contributed by atoms with van der Waals surface area (Å²) in [6.45, 7) is 3.89. The molecule has 5 aromatic rings. The van der Waals surface area contributed by atoms with Crippen molar-refractivity contribution in [1.29, 1.82) is 0 Å². The molecule has 3 heterocycles. The van der Waals surface area contributed by atoms with Gasteiger partial charge in [-0.15, -0.1) is 0 Å². The summed E-state index contributed by atoms with van der Waals surface area (Å²) in [5.74, 6) is 0.104. The molecular formula is C24H21FN6O. The van der Waals surface area contributed by atoms with Crippen molar-refractivity contribution in [3.63, 3.8) is 0 Å². The van der Waals surface area contributed by atoms with Crippen LogP contribution < -0.4 is 10.9 Å². The van der Waals surface area contributed by atoms with E-state index < -0.39 is 5.82 Å². The van der Waals surface area contributed by atoms with E-state index in [1.807, 2.05) is 38.1 Å². The Morgan fingerprint density at radius 1 is 1.12 bits per heavy atom. The van der Waals surface area contributed by atoms with E-state index in [0.717, 1.165) is 10.9 Å². The van der Waals surface area contributed by atoms with Crippen LogP contribution in [0.2, 0.25) is 0 Å². The maximum absolute atomic E-state index is 14.9. The van der Waals surface area contributed by atoms with Gasteiger partial charge < -0.3 is 10.3 Å². The zero-order valence-electron chi connectivity index (χ0n) is 17.6. The number of anilines is 1. The van der Waals surface area contributed by atoms with Gasteiger partial charge in [0.25, 0.3) is 5.56 Å². The molecule has 0 aliphatic carbocycles. The van der Waals surface area contributed by atoms with E-state index in [2.05, 4.69) is 25.3 Å². The third-order valence-electron chi connectivity index (χ3n) is 5.68.